The lowest BCUT2D eigenvalue weighted by Crippen LogP contribution is -2.29. The van der Waals surface area contributed by atoms with E-state index >= 15 is 0 Å². The van der Waals surface area contributed by atoms with Crippen molar-refractivity contribution in [1.29, 1.82) is 0 Å². The number of hydrogen-bond acceptors (Lipinski definition) is 2. The quantitative estimate of drug-likeness (QED) is 0.851. The third kappa shape index (κ3) is 2.66. The largest absolute Gasteiger partial charge is 0.350 e. The predicted molar refractivity (Wildman–Crippen MR) is 71.2 cm³/mol. The molecule has 1 amide bonds. The van der Waals surface area contributed by atoms with Gasteiger partial charge in [0, 0.05) is 9.75 Å². The summed E-state index contributed by atoms with van der Waals surface area (Å²) in [6, 6.07) is 2.25. The molecule has 4 heteroatoms. The van der Waals surface area contributed by atoms with Crippen LogP contribution in [0.5, 0.6) is 0 Å². The van der Waals surface area contributed by atoms with Crippen LogP contribution in [0.25, 0.3) is 0 Å². The zero-order valence-electron chi connectivity index (χ0n) is 9.38. The van der Waals surface area contributed by atoms with Gasteiger partial charge in [-0.1, -0.05) is 22.9 Å². The van der Waals surface area contributed by atoms with Crippen LogP contribution in [-0.4, -0.2) is 10.7 Å². The van der Waals surface area contributed by atoms with Crippen LogP contribution in [0.2, 0.25) is 0 Å². The number of fused-ring (bicyclic) bond motifs is 1. The lowest BCUT2D eigenvalue weighted by Gasteiger charge is -2.07. The first-order valence-electron chi connectivity index (χ1n) is 5.73. The van der Waals surface area contributed by atoms with Gasteiger partial charge in [-0.2, -0.15) is 0 Å². The monoisotopic (exact) mass is 301 g/mol. The number of halogens is 1. The first kappa shape index (κ1) is 12.1. The SMILES string of the molecule is CCC(Br)C(=O)NCc1cc2c(s1)CCC2. The molecule has 1 heterocycles. The van der Waals surface area contributed by atoms with Crippen LogP contribution < -0.4 is 5.32 Å². The average Bonchev–Trinajstić information content (AvgIpc) is 2.84. The molecule has 16 heavy (non-hydrogen) atoms. The summed E-state index contributed by atoms with van der Waals surface area (Å²) < 4.78 is 0. The number of rotatable bonds is 4. The summed E-state index contributed by atoms with van der Waals surface area (Å²) in [6.07, 6.45) is 4.57. The van der Waals surface area contributed by atoms with Gasteiger partial charge in [-0.3, -0.25) is 4.79 Å². The topological polar surface area (TPSA) is 29.1 Å². The highest BCUT2D eigenvalue weighted by Crippen LogP contribution is 2.30. The molecule has 0 fully saturated rings. The second-order valence-corrected chi connectivity index (χ2v) is 6.43. The number of amides is 1. The number of carbonyl (C=O) groups excluding carboxylic acids is 1. The molecular formula is C12H16BrNOS. The van der Waals surface area contributed by atoms with Crippen LogP contribution >= 0.6 is 27.3 Å². The maximum atomic E-state index is 11.6. The lowest BCUT2D eigenvalue weighted by molar-refractivity contribution is -0.120. The molecule has 1 aliphatic carbocycles. The van der Waals surface area contributed by atoms with E-state index in [2.05, 4.69) is 27.3 Å². The lowest BCUT2D eigenvalue weighted by atomic mass is 10.2. The first-order chi connectivity index (χ1) is 7.70. The van der Waals surface area contributed by atoms with Gasteiger partial charge < -0.3 is 5.32 Å². The van der Waals surface area contributed by atoms with E-state index in [0.29, 0.717) is 6.54 Å². The zero-order chi connectivity index (χ0) is 11.5. The molecule has 0 saturated carbocycles. The molecule has 0 bridgehead atoms. The Labute approximate surface area is 109 Å². The van der Waals surface area contributed by atoms with Crippen molar-refractivity contribution < 1.29 is 4.79 Å². The molecule has 1 aliphatic rings. The van der Waals surface area contributed by atoms with E-state index < -0.39 is 0 Å². The Hall–Kier alpha value is -0.350. The molecule has 2 rings (SSSR count). The summed E-state index contributed by atoms with van der Waals surface area (Å²) >= 11 is 5.20. The van der Waals surface area contributed by atoms with Crippen molar-refractivity contribution >= 4 is 33.2 Å². The fourth-order valence-electron chi connectivity index (χ4n) is 1.95. The molecular weight excluding hydrogens is 286 g/mol. The standard InChI is InChI=1S/C12H16BrNOS/c1-2-10(13)12(15)14-7-9-6-8-4-3-5-11(8)16-9/h6,10H,2-5,7H2,1H3,(H,14,15). The molecule has 1 unspecified atom stereocenters. The van der Waals surface area contributed by atoms with Crippen LogP contribution in [0.15, 0.2) is 6.07 Å². The van der Waals surface area contributed by atoms with E-state index in [1.807, 2.05) is 18.3 Å². The van der Waals surface area contributed by atoms with E-state index in [9.17, 15) is 4.79 Å². The number of carbonyl (C=O) groups is 1. The van der Waals surface area contributed by atoms with Gasteiger partial charge in [0.15, 0.2) is 0 Å². The Morgan fingerprint density at radius 1 is 1.62 bits per heavy atom. The second-order valence-electron chi connectivity index (χ2n) is 4.11. The molecule has 1 aromatic heterocycles. The van der Waals surface area contributed by atoms with Crippen LogP contribution in [0.4, 0.5) is 0 Å². The van der Waals surface area contributed by atoms with Gasteiger partial charge in [-0.15, -0.1) is 11.3 Å². The molecule has 1 N–H and O–H groups in total. The van der Waals surface area contributed by atoms with E-state index in [-0.39, 0.29) is 10.7 Å². The van der Waals surface area contributed by atoms with Crippen molar-refractivity contribution in [1.82, 2.24) is 5.32 Å². The second kappa shape index (κ2) is 5.32. The molecule has 0 spiro atoms. The molecule has 88 valence electrons. The molecule has 0 radical (unpaired) electrons. The maximum absolute atomic E-state index is 11.6. The van der Waals surface area contributed by atoms with Crippen molar-refractivity contribution in [2.75, 3.05) is 0 Å². The highest BCUT2D eigenvalue weighted by molar-refractivity contribution is 9.10. The Morgan fingerprint density at radius 2 is 2.44 bits per heavy atom. The molecule has 0 aromatic carbocycles. The van der Waals surface area contributed by atoms with Gasteiger partial charge in [0.25, 0.3) is 0 Å². The third-order valence-corrected chi connectivity index (χ3v) is 5.18. The summed E-state index contributed by atoms with van der Waals surface area (Å²) in [6.45, 7) is 2.68. The number of alkyl halides is 1. The fourth-order valence-corrected chi connectivity index (χ4v) is 3.31. The molecule has 2 nitrogen and oxygen atoms in total. The van der Waals surface area contributed by atoms with Gasteiger partial charge in [-0.05, 0) is 37.3 Å². The van der Waals surface area contributed by atoms with E-state index in [1.165, 1.54) is 34.6 Å². The molecule has 0 aliphatic heterocycles. The molecule has 1 atom stereocenters. The normalized spacial score (nSPS) is 15.9. The van der Waals surface area contributed by atoms with Crippen molar-refractivity contribution in [3.63, 3.8) is 0 Å². The summed E-state index contributed by atoms with van der Waals surface area (Å²) in [5.41, 5.74) is 1.50. The zero-order valence-corrected chi connectivity index (χ0v) is 11.8. The van der Waals surface area contributed by atoms with E-state index in [0.717, 1.165) is 6.42 Å². The fraction of sp³-hybridized carbons (Fsp3) is 0.583. The minimum absolute atomic E-state index is 0.0562. The van der Waals surface area contributed by atoms with Gasteiger partial charge in [-0.25, -0.2) is 0 Å². The van der Waals surface area contributed by atoms with Crippen molar-refractivity contribution in [2.45, 2.75) is 44.0 Å². The van der Waals surface area contributed by atoms with E-state index in [4.69, 9.17) is 0 Å². The highest BCUT2D eigenvalue weighted by atomic mass is 79.9. The van der Waals surface area contributed by atoms with Gasteiger partial charge >= 0.3 is 0 Å². The number of hydrogen-bond donors (Lipinski definition) is 1. The number of aryl methyl sites for hydroxylation is 2. The number of thiophene rings is 1. The Balaban J connectivity index is 1.88. The third-order valence-electron chi connectivity index (χ3n) is 2.88. The first-order valence-corrected chi connectivity index (χ1v) is 7.46. The van der Waals surface area contributed by atoms with Crippen LogP contribution in [-0.2, 0) is 24.2 Å². The van der Waals surface area contributed by atoms with Crippen LogP contribution in [0.3, 0.4) is 0 Å². The summed E-state index contributed by atoms with van der Waals surface area (Å²) in [5.74, 6) is 0.0936. The maximum Gasteiger partial charge on any atom is 0.234 e. The van der Waals surface area contributed by atoms with E-state index in [1.54, 1.807) is 0 Å². The van der Waals surface area contributed by atoms with Crippen LogP contribution in [0.1, 0.15) is 35.1 Å². The Bertz CT molecular complexity index is 367. The number of nitrogens with one attached hydrogen (secondary N) is 1. The predicted octanol–water partition coefficient (Wildman–Crippen LogP) is 3.03. The van der Waals surface area contributed by atoms with Crippen LogP contribution in [0, 0.1) is 0 Å². The van der Waals surface area contributed by atoms with Crippen molar-refractivity contribution in [3.05, 3.63) is 21.4 Å². The Morgan fingerprint density at radius 3 is 3.12 bits per heavy atom. The van der Waals surface area contributed by atoms with Gasteiger partial charge in [0.2, 0.25) is 5.91 Å². The summed E-state index contributed by atoms with van der Waals surface area (Å²) in [5, 5.41) is 2.96. The summed E-state index contributed by atoms with van der Waals surface area (Å²) in [4.78, 5) is 14.3. The Kier molecular flexibility index (Phi) is 4.03. The van der Waals surface area contributed by atoms with Crippen molar-refractivity contribution in [3.8, 4) is 0 Å². The smallest absolute Gasteiger partial charge is 0.234 e. The molecule has 1 aromatic rings. The minimum Gasteiger partial charge on any atom is -0.350 e. The van der Waals surface area contributed by atoms with Gasteiger partial charge in [0.1, 0.15) is 0 Å². The van der Waals surface area contributed by atoms with Gasteiger partial charge in [0.05, 0.1) is 11.4 Å². The minimum atomic E-state index is -0.0562. The summed E-state index contributed by atoms with van der Waals surface area (Å²) in [7, 11) is 0. The molecule has 0 saturated heterocycles. The van der Waals surface area contributed by atoms with Crippen molar-refractivity contribution in [2.24, 2.45) is 0 Å². The average molecular weight is 302 g/mol. The highest BCUT2D eigenvalue weighted by Gasteiger charge is 2.16.